The summed E-state index contributed by atoms with van der Waals surface area (Å²) in [7, 11) is 0. The molecule has 1 heteroatoms. The maximum Gasteiger partial charge on any atom is 0.0121 e. The van der Waals surface area contributed by atoms with Crippen LogP contribution in [0.2, 0.25) is 0 Å². The first kappa shape index (κ1) is 9.72. The smallest absolute Gasteiger partial charge is 0.0121 e. The molecule has 0 amide bonds. The Morgan fingerprint density at radius 1 is 1.36 bits per heavy atom. The number of allylic oxidation sites excluding steroid dienone is 4. The summed E-state index contributed by atoms with van der Waals surface area (Å²) in [6.07, 6.45) is 11.7. The molecule has 0 nitrogen and oxygen atoms in total. The normalized spacial score (nSPS) is 15.6. The van der Waals surface area contributed by atoms with Crippen molar-refractivity contribution in [2.24, 2.45) is 0 Å². The molecule has 0 aromatic carbocycles. The summed E-state index contributed by atoms with van der Waals surface area (Å²) >= 11 is 1.89. The number of aryl methyl sites for hydroxylation is 1. The number of rotatable bonds is 3. The maximum atomic E-state index is 2.37. The second-order valence-corrected chi connectivity index (χ2v) is 4.66. The van der Waals surface area contributed by atoms with E-state index >= 15 is 0 Å². The molecule has 0 bridgehead atoms. The van der Waals surface area contributed by atoms with Crippen LogP contribution in [0.3, 0.4) is 0 Å². The zero-order valence-electron chi connectivity index (χ0n) is 8.62. The molecule has 0 unspecified atom stereocenters. The van der Waals surface area contributed by atoms with E-state index in [1.807, 2.05) is 11.3 Å². The summed E-state index contributed by atoms with van der Waals surface area (Å²) in [6.45, 7) is 2.23. The summed E-state index contributed by atoms with van der Waals surface area (Å²) < 4.78 is 0. The van der Waals surface area contributed by atoms with Gasteiger partial charge in [-0.15, -0.1) is 11.3 Å². The Bertz CT molecular complexity index is 355. The van der Waals surface area contributed by atoms with Gasteiger partial charge in [-0.05, 0) is 41.8 Å². The van der Waals surface area contributed by atoms with Crippen LogP contribution in [-0.4, -0.2) is 0 Å². The number of hydrogen-bond acceptors (Lipinski definition) is 1. The fraction of sp³-hybridized carbons (Fsp3) is 0.385. The molecule has 0 atom stereocenters. The summed E-state index contributed by atoms with van der Waals surface area (Å²) in [4.78, 5) is 1.55. The Morgan fingerprint density at radius 2 is 2.29 bits per heavy atom. The van der Waals surface area contributed by atoms with E-state index < -0.39 is 0 Å². The van der Waals surface area contributed by atoms with Gasteiger partial charge in [-0.25, -0.2) is 0 Å². The largest absolute Gasteiger partial charge is 0.148 e. The van der Waals surface area contributed by atoms with Crippen molar-refractivity contribution in [3.05, 3.63) is 45.7 Å². The van der Waals surface area contributed by atoms with Crippen molar-refractivity contribution in [1.29, 1.82) is 0 Å². The van der Waals surface area contributed by atoms with Crippen LogP contribution in [-0.2, 0) is 12.8 Å². The predicted molar refractivity (Wildman–Crippen MR) is 63.9 cm³/mol. The minimum absolute atomic E-state index is 1.14. The summed E-state index contributed by atoms with van der Waals surface area (Å²) in [5, 5.41) is 2.21. The van der Waals surface area contributed by atoms with Gasteiger partial charge in [0.25, 0.3) is 0 Å². The molecule has 0 radical (unpaired) electrons. The Balaban J connectivity index is 2.10. The lowest BCUT2D eigenvalue weighted by Crippen LogP contribution is -1.91. The summed E-state index contributed by atoms with van der Waals surface area (Å²) in [5.74, 6) is 0. The van der Waals surface area contributed by atoms with Crippen molar-refractivity contribution in [1.82, 2.24) is 0 Å². The van der Waals surface area contributed by atoms with Crippen molar-refractivity contribution in [3.63, 3.8) is 0 Å². The Hall–Kier alpha value is -0.820. The van der Waals surface area contributed by atoms with Gasteiger partial charge < -0.3 is 0 Å². The molecule has 1 aromatic heterocycles. The van der Waals surface area contributed by atoms with E-state index in [1.165, 1.54) is 24.0 Å². The molecule has 0 spiro atoms. The molecular weight excluding hydrogens is 188 g/mol. The predicted octanol–water partition coefficient (Wildman–Crippen LogP) is 4.13. The van der Waals surface area contributed by atoms with E-state index in [4.69, 9.17) is 0 Å². The molecule has 0 aliphatic heterocycles. The highest BCUT2D eigenvalue weighted by Crippen LogP contribution is 2.23. The van der Waals surface area contributed by atoms with Crippen molar-refractivity contribution in [2.45, 2.75) is 32.6 Å². The lowest BCUT2D eigenvalue weighted by atomic mass is 10.0. The third kappa shape index (κ3) is 2.16. The fourth-order valence-corrected chi connectivity index (χ4v) is 2.83. The average Bonchev–Trinajstić information content (AvgIpc) is 2.67. The minimum atomic E-state index is 1.14. The van der Waals surface area contributed by atoms with E-state index in [1.54, 1.807) is 4.88 Å². The van der Waals surface area contributed by atoms with Crippen LogP contribution in [0.1, 0.15) is 30.2 Å². The molecule has 1 aliphatic rings. The van der Waals surface area contributed by atoms with Gasteiger partial charge in [0.2, 0.25) is 0 Å². The van der Waals surface area contributed by atoms with Crippen LogP contribution in [0, 0.1) is 0 Å². The molecule has 0 saturated carbocycles. The summed E-state index contributed by atoms with van der Waals surface area (Å²) in [6, 6.07) is 2.26. The molecule has 2 rings (SSSR count). The second-order valence-electron chi connectivity index (χ2n) is 3.66. The topological polar surface area (TPSA) is 0 Å². The molecule has 1 aliphatic carbocycles. The Labute approximate surface area is 90.0 Å². The maximum absolute atomic E-state index is 2.37. The van der Waals surface area contributed by atoms with Crippen LogP contribution < -0.4 is 0 Å². The minimum Gasteiger partial charge on any atom is -0.148 e. The second kappa shape index (κ2) is 4.61. The SMILES string of the molecule is CCc1ccsc1CC1=CCCC=C1. The number of hydrogen-bond donors (Lipinski definition) is 0. The standard InChI is InChI=1S/C13H16S/c1-2-12-8-9-14-13(12)10-11-6-4-3-5-7-11/h4,6-9H,2-3,5,10H2,1H3. The molecule has 74 valence electrons. The zero-order chi connectivity index (χ0) is 9.80. The molecule has 0 fully saturated rings. The highest BCUT2D eigenvalue weighted by atomic mass is 32.1. The first-order valence-corrected chi connectivity index (χ1v) is 6.19. The van der Waals surface area contributed by atoms with Crippen LogP contribution >= 0.6 is 11.3 Å². The fourth-order valence-electron chi connectivity index (χ4n) is 1.82. The monoisotopic (exact) mass is 204 g/mol. The van der Waals surface area contributed by atoms with Crippen LogP contribution in [0.25, 0.3) is 0 Å². The van der Waals surface area contributed by atoms with Crippen molar-refractivity contribution < 1.29 is 0 Å². The van der Waals surface area contributed by atoms with Crippen LogP contribution in [0.4, 0.5) is 0 Å². The van der Waals surface area contributed by atoms with Gasteiger partial charge in [0.05, 0.1) is 0 Å². The van der Waals surface area contributed by atoms with Gasteiger partial charge in [-0.3, -0.25) is 0 Å². The van der Waals surface area contributed by atoms with E-state index in [9.17, 15) is 0 Å². The van der Waals surface area contributed by atoms with Gasteiger partial charge in [0.15, 0.2) is 0 Å². The highest BCUT2D eigenvalue weighted by Gasteiger charge is 2.05. The lowest BCUT2D eigenvalue weighted by Gasteiger charge is -2.06. The third-order valence-corrected chi connectivity index (χ3v) is 3.62. The van der Waals surface area contributed by atoms with E-state index in [2.05, 4.69) is 36.6 Å². The van der Waals surface area contributed by atoms with E-state index in [0.717, 1.165) is 12.8 Å². The van der Waals surface area contributed by atoms with Crippen molar-refractivity contribution in [2.75, 3.05) is 0 Å². The molecular formula is C13H16S. The van der Waals surface area contributed by atoms with Crippen molar-refractivity contribution >= 4 is 11.3 Å². The number of thiophene rings is 1. The Kier molecular flexibility index (Phi) is 3.20. The van der Waals surface area contributed by atoms with E-state index in [-0.39, 0.29) is 0 Å². The first-order chi connectivity index (χ1) is 6.90. The molecule has 0 saturated heterocycles. The van der Waals surface area contributed by atoms with Gasteiger partial charge in [0.1, 0.15) is 0 Å². The Morgan fingerprint density at radius 3 is 3.00 bits per heavy atom. The van der Waals surface area contributed by atoms with Gasteiger partial charge in [-0.2, -0.15) is 0 Å². The van der Waals surface area contributed by atoms with Gasteiger partial charge >= 0.3 is 0 Å². The first-order valence-electron chi connectivity index (χ1n) is 5.31. The van der Waals surface area contributed by atoms with E-state index in [0.29, 0.717) is 0 Å². The van der Waals surface area contributed by atoms with Crippen molar-refractivity contribution in [3.8, 4) is 0 Å². The van der Waals surface area contributed by atoms with Gasteiger partial charge in [0, 0.05) is 11.3 Å². The zero-order valence-corrected chi connectivity index (χ0v) is 9.44. The van der Waals surface area contributed by atoms with Crippen LogP contribution in [0.15, 0.2) is 35.2 Å². The molecule has 1 aromatic rings. The third-order valence-electron chi connectivity index (χ3n) is 2.66. The highest BCUT2D eigenvalue weighted by molar-refractivity contribution is 7.10. The lowest BCUT2D eigenvalue weighted by molar-refractivity contribution is 0.992. The molecule has 0 N–H and O–H groups in total. The molecule has 1 heterocycles. The molecule has 14 heavy (non-hydrogen) atoms. The summed E-state index contributed by atoms with van der Waals surface area (Å²) in [5.41, 5.74) is 3.02. The average molecular weight is 204 g/mol. The van der Waals surface area contributed by atoms with Gasteiger partial charge in [-0.1, -0.05) is 25.2 Å². The van der Waals surface area contributed by atoms with Crippen LogP contribution in [0.5, 0.6) is 0 Å². The quantitative estimate of drug-likeness (QED) is 0.694.